The lowest BCUT2D eigenvalue weighted by atomic mass is 10.0. The molecule has 4 nitrogen and oxygen atoms in total. The van der Waals surface area contributed by atoms with Gasteiger partial charge in [0.1, 0.15) is 11.6 Å². The van der Waals surface area contributed by atoms with E-state index in [-0.39, 0.29) is 11.9 Å². The van der Waals surface area contributed by atoms with Crippen LogP contribution in [0.15, 0.2) is 42.5 Å². The number of nitrogens with two attached hydrogens (primary N) is 1. The lowest BCUT2D eigenvalue weighted by Gasteiger charge is -2.26. The van der Waals surface area contributed by atoms with Gasteiger partial charge in [0, 0.05) is 23.2 Å². The van der Waals surface area contributed by atoms with Gasteiger partial charge in [-0.3, -0.25) is 0 Å². The SMILES string of the molecule is Nc1ccc2nn3c(c2c1)NCCC3c1ccccc1F. The van der Waals surface area contributed by atoms with E-state index in [4.69, 9.17) is 5.73 Å². The van der Waals surface area contributed by atoms with E-state index in [2.05, 4.69) is 10.4 Å². The van der Waals surface area contributed by atoms with Crippen LogP contribution in [0.3, 0.4) is 0 Å². The number of anilines is 2. The Labute approximate surface area is 121 Å². The van der Waals surface area contributed by atoms with Crippen LogP contribution in [0, 0.1) is 5.82 Å². The lowest BCUT2D eigenvalue weighted by Crippen LogP contribution is -2.25. The van der Waals surface area contributed by atoms with Crippen molar-refractivity contribution in [1.29, 1.82) is 0 Å². The Morgan fingerprint density at radius 2 is 2.10 bits per heavy atom. The minimum atomic E-state index is -0.186. The number of hydrogen-bond acceptors (Lipinski definition) is 3. The second kappa shape index (κ2) is 4.48. The summed E-state index contributed by atoms with van der Waals surface area (Å²) in [4.78, 5) is 0. The van der Waals surface area contributed by atoms with Crippen molar-refractivity contribution in [3.63, 3.8) is 0 Å². The van der Waals surface area contributed by atoms with Gasteiger partial charge in [-0.15, -0.1) is 0 Å². The number of nitrogens with one attached hydrogen (secondary N) is 1. The fourth-order valence-corrected chi connectivity index (χ4v) is 3.00. The van der Waals surface area contributed by atoms with Gasteiger partial charge in [-0.05, 0) is 30.7 Å². The zero-order valence-corrected chi connectivity index (χ0v) is 11.4. The van der Waals surface area contributed by atoms with Crippen molar-refractivity contribution in [3.8, 4) is 0 Å². The number of benzene rings is 2. The number of halogens is 1. The minimum Gasteiger partial charge on any atom is -0.399 e. The number of rotatable bonds is 1. The normalized spacial score (nSPS) is 17.5. The van der Waals surface area contributed by atoms with Crippen LogP contribution in [0.2, 0.25) is 0 Å². The molecule has 0 aliphatic carbocycles. The summed E-state index contributed by atoms with van der Waals surface area (Å²) >= 11 is 0. The van der Waals surface area contributed by atoms with Crippen molar-refractivity contribution in [2.24, 2.45) is 0 Å². The van der Waals surface area contributed by atoms with Crippen molar-refractivity contribution in [1.82, 2.24) is 9.78 Å². The fourth-order valence-electron chi connectivity index (χ4n) is 3.00. The Balaban J connectivity index is 1.92. The molecule has 1 aliphatic heterocycles. The third kappa shape index (κ3) is 1.85. The lowest BCUT2D eigenvalue weighted by molar-refractivity contribution is 0.462. The second-order valence-corrected chi connectivity index (χ2v) is 5.32. The Morgan fingerprint density at radius 1 is 1.24 bits per heavy atom. The maximum Gasteiger partial charge on any atom is 0.133 e. The number of fused-ring (bicyclic) bond motifs is 3. The van der Waals surface area contributed by atoms with Gasteiger partial charge in [0.25, 0.3) is 0 Å². The predicted octanol–water partition coefficient (Wildman–Crippen LogP) is 3.16. The molecular formula is C16H15FN4. The van der Waals surface area contributed by atoms with Gasteiger partial charge in [0.2, 0.25) is 0 Å². The standard InChI is InChI=1S/C16H15FN4/c17-13-4-2-1-3-11(13)15-7-8-19-16-12-9-10(18)5-6-14(12)20-21(15)16/h1-6,9,15,19H,7-8,18H2. The van der Waals surface area contributed by atoms with Crippen LogP contribution >= 0.6 is 0 Å². The first-order valence-corrected chi connectivity index (χ1v) is 7.00. The molecule has 3 aromatic rings. The Kier molecular flexibility index (Phi) is 2.60. The van der Waals surface area contributed by atoms with E-state index in [0.29, 0.717) is 11.3 Å². The summed E-state index contributed by atoms with van der Waals surface area (Å²) in [5.41, 5.74) is 8.12. The molecule has 1 atom stereocenters. The molecule has 0 spiro atoms. The zero-order valence-electron chi connectivity index (χ0n) is 11.4. The first-order valence-electron chi connectivity index (χ1n) is 7.00. The Bertz CT molecular complexity index is 824. The first kappa shape index (κ1) is 12.2. The molecule has 0 bridgehead atoms. The van der Waals surface area contributed by atoms with Gasteiger partial charge in [-0.2, -0.15) is 5.10 Å². The highest BCUT2D eigenvalue weighted by molar-refractivity contribution is 5.92. The van der Waals surface area contributed by atoms with Gasteiger partial charge in [0.15, 0.2) is 0 Å². The van der Waals surface area contributed by atoms with Crippen molar-refractivity contribution < 1.29 is 4.39 Å². The molecule has 4 rings (SSSR count). The van der Waals surface area contributed by atoms with Crippen molar-refractivity contribution in [2.45, 2.75) is 12.5 Å². The highest BCUT2D eigenvalue weighted by Crippen LogP contribution is 2.35. The Morgan fingerprint density at radius 3 is 2.95 bits per heavy atom. The molecule has 0 saturated heterocycles. The summed E-state index contributed by atoms with van der Waals surface area (Å²) in [7, 11) is 0. The quantitative estimate of drug-likeness (QED) is 0.674. The monoisotopic (exact) mass is 282 g/mol. The highest BCUT2D eigenvalue weighted by atomic mass is 19.1. The van der Waals surface area contributed by atoms with Crippen LogP contribution < -0.4 is 11.1 Å². The van der Waals surface area contributed by atoms with Crippen molar-refractivity contribution in [2.75, 3.05) is 17.6 Å². The average molecular weight is 282 g/mol. The van der Waals surface area contributed by atoms with E-state index in [1.54, 1.807) is 6.07 Å². The molecule has 3 N–H and O–H groups in total. The maximum atomic E-state index is 14.1. The fraction of sp³-hybridized carbons (Fsp3) is 0.188. The molecule has 0 amide bonds. The molecule has 21 heavy (non-hydrogen) atoms. The molecule has 5 heteroatoms. The molecule has 0 saturated carbocycles. The van der Waals surface area contributed by atoms with E-state index in [0.717, 1.165) is 29.7 Å². The summed E-state index contributed by atoms with van der Waals surface area (Å²) in [5.74, 6) is 0.728. The third-order valence-corrected chi connectivity index (χ3v) is 3.99. The van der Waals surface area contributed by atoms with Crippen LogP contribution in [0.1, 0.15) is 18.0 Å². The molecular weight excluding hydrogens is 267 g/mol. The minimum absolute atomic E-state index is 0.0870. The summed E-state index contributed by atoms with van der Waals surface area (Å²) in [6.45, 7) is 0.786. The molecule has 2 heterocycles. The van der Waals surface area contributed by atoms with Gasteiger partial charge in [-0.1, -0.05) is 18.2 Å². The van der Waals surface area contributed by atoms with Crippen molar-refractivity contribution in [3.05, 3.63) is 53.8 Å². The highest BCUT2D eigenvalue weighted by Gasteiger charge is 2.26. The summed E-state index contributed by atoms with van der Waals surface area (Å²) in [6, 6.07) is 12.5. The van der Waals surface area contributed by atoms with E-state index >= 15 is 0 Å². The van der Waals surface area contributed by atoms with Gasteiger partial charge < -0.3 is 11.1 Å². The first-order chi connectivity index (χ1) is 10.2. The van der Waals surface area contributed by atoms with E-state index in [1.807, 2.05) is 35.0 Å². The van der Waals surface area contributed by atoms with Gasteiger partial charge in [0.05, 0.1) is 11.6 Å². The van der Waals surface area contributed by atoms with Crippen LogP contribution in [0.25, 0.3) is 10.9 Å². The van der Waals surface area contributed by atoms with Crippen LogP contribution in [-0.2, 0) is 0 Å². The van der Waals surface area contributed by atoms with E-state index in [9.17, 15) is 4.39 Å². The number of hydrogen-bond donors (Lipinski definition) is 2. The molecule has 1 unspecified atom stereocenters. The van der Waals surface area contributed by atoms with E-state index < -0.39 is 0 Å². The second-order valence-electron chi connectivity index (χ2n) is 5.32. The number of nitrogen functional groups attached to an aromatic ring is 1. The molecule has 1 aliphatic rings. The topological polar surface area (TPSA) is 55.9 Å². The zero-order chi connectivity index (χ0) is 14.4. The van der Waals surface area contributed by atoms with Gasteiger partial charge >= 0.3 is 0 Å². The molecule has 0 fully saturated rings. The number of nitrogens with zero attached hydrogens (tertiary/aromatic N) is 2. The molecule has 106 valence electrons. The number of aromatic nitrogens is 2. The Hall–Kier alpha value is -2.56. The van der Waals surface area contributed by atoms with Crippen LogP contribution in [0.4, 0.5) is 15.9 Å². The van der Waals surface area contributed by atoms with Crippen LogP contribution in [-0.4, -0.2) is 16.3 Å². The van der Waals surface area contributed by atoms with E-state index in [1.165, 1.54) is 6.07 Å². The average Bonchev–Trinajstić information content (AvgIpc) is 2.86. The third-order valence-electron chi connectivity index (χ3n) is 3.99. The largest absolute Gasteiger partial charge is 0.399 e. The predicted molar refractivity (Wildman–Crippen MR) is 81.8 cm³/mol. The van der Waals surface area contributed by atoms with Crippen LogP contribution in [0.5, 0.6) is 0 Å². The smallest absolute Gasteiger partial charge is 0.133 e. The molecule has 0 radical (unpaired) electrons. The van der Waals surface area contributed by atoms with Crippen molar-refractivity contribution >= 4 is 22.4 Å². The summed E-state index contributed by atoms with van der Waals surface area (Å²) < 4.78 is 16.0. The van der Waals surface area contributed by atoms with Gasteiger partial charge in [-0.25, -0.2) is 9.07 Å². The maximum absolute atomic E-state index is 14.1. The summed E-state index contributed by atoms with van der Waals surface area (Å²) in [5, 5.41) is 8.96. The molecule has 1 aromatic heterocycles. The molecule has 2 aromatic carbocycles. The summed E-state index contributed by atoms with van der Waals surface area (Å²) in [6.07, 6.45) is 0.803.